The number of carbonyl (C=O) groups is 1. The first-order chi connectivity index (χ1) is 16.9. The smallest absolute Gasteiger partial charge is 0.383 e. The molecule has 1 aromatic carbocycles. The van der Waals surface area contributed by atoms with Gasteiger partial charge in [0.05, 0.1) is 6.54 Å². The highest BCUT2D eigenvalue weighted by Gasteiger charge is 2.26. The number of hydrogen-bond acceptors (Lipinski definition) is 8. The number of anilines is 2. The van der Waals surface area contributed by atoms with Crippen molar-refractivity contribution in [3.8, 4) is 11.5 Å². The van der Waals surface area contributed by atoms with Crippen molar-refractivity contribution in [2.45, 2.75) is 26.4 Å². The zero-order chi connectivity index (χ0) is 24.9. The van der Waals surface area contributed by atoms with Crippen LogP contribution in [0.3, 0.4) is 0 Å². The number of nitrogens with one attached hydrogen (secondary N) is 1. The molecule has 0 spiro atoms. The van der Waals surface area contributed by atoms with Crippen molar-refractivity contribution in [3.05, 3.63) is 91.7 Å². The second kappa shape index (κ2) is 10.0. The molecule has 3 heterocycles. The predicted molar refractivity (Wildman–Crippen MR) is 128 cm³/mol. The summed E-state index contributed by atoms with van der Waals surface area (Å²) in [4.78, 5) is 58.5. The van der Waals surface area contributed by atoms with Gasteiger partial charge in [-0.2, -0.15) is 0 Å². The van der Waals surface area contributed by atoms with Gasteiger partial charge < -0.3 is 10.6 Å². The number of carbonyl (C=O) groups excluding carboxylic acids is 1. The molecule has 0 aliphatic heterocycles. The third kappa shape index (κ3) is 4.81. The molecule has 0 fully saturated rings. The molecule has 0 atom stereocenters. The molecule has 12 heteroatoms. The van der Waals surface area contributed by atoms with Crippen LogP contribution in [0.1, 0.15) is 18.9 Å². The maximum absolute atomic E-state index is 13.4. The van der Waals surface area contributed by atoms with E-state index < -0.39 is 29.5 Å². The van der Waals surface area contributed by atoms with Gasteiger partial charge >= 0.3 is 11.4 Å². The highest BCUT2D eigenvalue weighted by atomic mass is 16.5. The quantitative estimate of drug-likeness (QED) is 0.377. The zero-order valence-electron chi connectivity index (χ0n) is 18.9. The molecule has 0 aliphatic rings. The lowest BCUT2D eigenvalue weighted by Gasteiger charge is -2.24. The van der Waals surface area contributed by atoms with Crippen LogP contribution in [0.25, 0.3) is 11.5 Å². The van der Waals surface area contributed by atoms with Gasteiger partial charge in [-0.05, 0) is 24.1 Å². The maximum atomic E-state index is 13.4. The largest absolute Gasteiger partial charge is 0.442 e. The van der Waals surface area contributed by atoms with Gasteiger partial charge in [-0.25, -0.2) is 14.2 Å². The normalized spacial score (nSPS) is 10.9. The molecule has 0 aliphatic carbocycles. The number of amides is 1. The third-order valence-electron chi connectivity index (χ3n) is 5.29. The molecule has 4 rings (SSSR count). The van der Waals surface area contributed by atoms with Crippen molar-refractivity contribution in [3.63, 3.8) is 0 Å². The van der Waals surface area contributed by atoms with Gasteiger partial charge in [0.25, 0.3) is 5.56 Å². The lowest BCUT2D eigenvalue weighted by Crippen LogP contribution is -2.43. The molecule has 12 nitrogen and oxygen atoms in total. The summed E-state index contributed by atoms with van der Waals surface area (Å²) < 4.78 is 6.97. The molecule has 0 saturated heterocycles. The van der Waals surface area contributed by atoms with Crippen molar-refractivity contribution in [2.75, 3.05) is 17.2 Å². The fourth-order valence-electron chi connectivity index (χ4n) is 3.65. The fourth-order valence-corrected chi connectivity index (χ4v) is 3.65. The molecular formula is C23H23N7O5. The van der Waals surface area contributed by atoms with Crippen LogP contribution in [0.4, 0.5) is 11.5 Å². The predicted octanol–water partition coefficient (Wildman–Crippen LogP) is 0.822. The van der Waals surface area contributed by atoms with E-state index in [2.05, 4.69) is 15.1 Å². The average Bonchev–Trinajstić information content (AvgIpc) is 3.22. The topological polar surface area (TPSA) is 162 Å². The minimum Gasteiger partial charge on any atom is -0.383 e. The van der Waals surface area contributed by atoms with Crippen LogP contribution in [0.2, 0.25) is 0 Å². The Kier molecular flexibility index (Phi) is 6.71. The highest BCUT2D eigenvalue weighted by Crippen LogP contribution is 2.20. The summed E-state index contributed by atoms with van der Waals surface area (Å²) in [7, 11) is 0. The lowest BCUT2D eigenvalue weighted by atomic mass is 10.2. The van der Waals surface area contributed by atoms with Gasteiger partial charge in [-0.15, -0.1) is 0 Å². The molecule has 0 unspecified atom stereocenters. The third-order valence-corrected chi connectivity index (χ3v) is 5.29. The number of nitrogens with two attached hydrogens (primary N) is 1. The van der Waals surface area contributed by atoms with E-state index in [0.29, 0.717) is 12.1 Å². The number of benzene rings is 1. The Labute approximate surface area is 198 Å². The Hall–Kier alpha value is -4.74. The van der Waals surface area contributed by atoms with Crippen LogP contribution >= 0.6 is 0 Å². The number of H-pyrrole nitrogens is 1. The molecule has 0 bridgehead atoms. The van der Waals surface area contributed by atoms with Gasteiger partial charge in [0, 0.05) is 12.7 Å². The summed E-state index contributed by atoms with van der Waals surface area (Å²) in [6.45, 7) is 1.55. The number of aromatic nitrogens is 5. The summed E-state index contributed by atoms with van der Waals surface area (Å²) in [5.74, 6) is -1.56. The van der Waals surface area contributed by atoms with E-state index in [9.17, 15) is 19.2 Å². The SMILES string of the molecule is CCCN(C(=O)Cn1c(-c2ccccn2)noc1=O)c1c(N)n(Cc2ccccc2)c(=O)[nH]c1=O. The van der Waals surface area contributed by atoms with E-state index in [1.54, 1.807) is 18.2 Å². The number of nitrogen functional groups attached to an aromatic ring is 1. The maximum Gasteiger partial charge on any atom is 0.442 e. The molecule has 3 aromatic heterocycles. The number of aromatic amines is 1. The van der Waals surface area contributed by atoms with Crippen LogP contribution in [0.15, 0.2) is 73.6 Å². The first-order valence-electron chi connectivity index (χ1n) is 10.9. The molecule has 35 heavy (non-hydrogen) atoms. The monoisotopic (exact) mass is 477 g/mol. The van der Waals surface area contributed by atoms with E-state index >= 15 is 0 Å². The lowest BCUT2D eigenvalue weighted by molar-refractivity contribution is -0.119. The minimum atomic E-state index is -0.855. The second-order valence-corrected chi connectivity index (χ2v) is 7.68. The Morgan fingerprint density at radius 2 is 1.83 bits per heavy atom. The minimum absolute atomic E-state index is 0.0660. The van der Waals surface area contributed by atoms with Gasteiger partial charge in [-0.1, -0.05) is 48.5 Å². The number of rotatable bonds is 8. The number of nitrogens with zero attached hydrogens (tertiary/aromatic N) is 5. The Balaban J connectivity index is 1.73. The molecule has 0 saturated carbocycles. The van der Waals surface area contributed by atoms with Gasteiger partial charge in [0.2, 0.25) is 11.7 Å². The van der Waals surface area contributed by atoms with Gasteiger partial charge in [0.15, 0.2) is 5.69 Å². The van der Waals surface area contributed by atoms with E-state index in [0.717, 1.165) is 15.0 Å². The van der Waals surface area contributed by atoms with Crippen molar-refractivity contribution in [1.82, 2.24) is 24.3 Å². The Bertz CT molecular complexity index is 1500. The summed E-state index contributed by atoms with van der Waals surface area (Å²) in [5.41, 5.74) is 5.71. The first-order valence-corrected chi connectivity index (χ1v) is 10.9. The molecule has 1 amide bonds. The van der Waals surface area contributed by atoms with Crippen molar-refractivity contribution in [1.29, 1.82) is 0 Å². The van der Waals surface area contributed by atoms with Crippen LogP contribution in [0, 0.1) is 0 Å². The summed E-state index contributed by atoms with van der Waals surface area (Å²) in [5, 5.41) is 3.73. The van der Waals surface area contributed by atoms with E-state index in [4.69, 9.17) is 10.3 Å². The van der Waals surface area contributed by atoms with Crippen LogP contribution in [0.5, 0.6) is 0 Å². The number of hydrogen-bond donors (Lipinski definition) is 2. The van der Waals surface area contributed by atoms with E-state index in [-0.39, 0.29) is 30.4 Å². The Morgan fingerprint density at radius 1 is 1.09 bits per heavy atom. The van der Waals surface area contributed by atoms with E-state index in [1.807, 2.05) is 37.3 Å². The molecular weight excluding hydrogens is 454 g/mol. The van der Waals surface area contributed by atoms with Crippen LogP contribution in [-0.2, 0) is 17.9 Å². The molecule has 180 valence electrons. The first kappa shape index (κ1) is 23.4. The van der Waals surface area contributed by atoms with Crippen molar-refractivity contribution < 1.29 is 9.32 Å². The summed E-state index contributed by atoms with van der Waals surface area (Å²) in [6, 6.07) is 14.1. The summed E-state index contributed by atoms with van der Waals surface area (Å²) >= 11 is 0. The zero-order valence-corrected chi connectivity index (χ0v) is 18.9. The standard InChI is InChI=1S/C23H23N7O5/c1-2-12-28(17(31)14-30-20(27-35-23(30)34)16-10-6-7-11-25-16)18-19(24)29(22(33)26-21(18)32)13-15-8-4-3-5-9-15/h3-11H,2,12-14,24H2,1H3,(H,26,32,33). The second-order valence-electron chi connectivity index (χ2n) is 7.68. The highest BCUT2D eigenvalue weighted by molar-refractivity contribution is 5.95. The van der Waals surface area contributed by atoms with Crippen molar-refractivity contribution in [2.24, 2.45) is 0 Å². The summed E-state index contributed by atoms with van der Waals surface area (Å²) in [6.07, 6.45) is 1.99. The van der Waals surface area contributed by atoms with E-state index in [1.165, 1.54) is 10.8 Å². The number of pyridine rings is 1. The van der Waals surface area contributed by atoms with Crippen molar-refractivity contribution >= 4 is 17.4 Å². The van der Waals surface area contributed by atoms with Gasteiger partial charge in [-0.3, -0.25) is 28.6 Å². The fraction of sp³-hybridized carbons (Fsp3) is 0.217. The van der Waals surface area contributed by atoms with Crippen LogP contribution in [-0.4, -0.2) is 36.7 Å². The van der Waals surface area contributed by atoms with Crippen LogP contribution < -0.4 is 27.6 Å². The molecule has 0 radical (unpaired) electrons. The Morgan fingerprint density at radius 3 is 2.51 bits per heavy atom. The average molecular weight is 477 g/mol. The van der Waals surface area contributed by atoms with Gasteiger partial charge in [0.1, 0.15) is 18.1 Å². The molecule has 4 aromatic rings. The molecule has 3 N–H and O–H groups in total.